The molecule has 0 bridgehead atoms. The van der Waals surface area contributed by atoms with Gasteiger partial charge in [0, 0.05) is 32.2 Å². The van der Waals surface area contributed by atoms with E-state index < -0.39 is 0 Å². The second kappa shape index (κ2) is 8.85. The van der Waals surface area contributed by atoms with Gasteiger partial charge >= 0.3 is 0 Å². The van der Waals surface area contributed by atoms with E-state index in [1.54, 1.807) is 0 Å². The van der Waals surface area contributed by atoms with Crippen molar-refractivity contribution in [2.24, 2.45) is 0 Å². The van der Waals surface area contributed by atoms with E-state index in [0.717, 1.165) is 26.1 Å². The normalized spacial score (nSPS) is 18.9. The largest absolute Gasteiger partial charge is 0.338 e. The maximum atomic E-state index is 12.5. The first-order valence-electron chi connectivity index (χ1n) is 8.48. The van der Waals surface area contributed by atoms with Crippen molar-refractivity contribution in [1.29, 1.82) is 0 Å². The van der Waals surface area contributed by atoms with Crippen LogP contribution in [0.4, 0.5) is 0 Å². The lowest BCUT2D eigenvalue weighted by molar-refractivity contribution is -0.131. The minimum Gasteiger partial charge on any atom is -0.338 e. The maximum absolute atomic E-state index is 12.5. The Morgan fingerprint density at radius 2 is 2.04 bits per heavy atom. The van der Waals surface area contributed by atoms with Crippen LogP contribution < -0.4 is 0 Å². The molecule has 2 rings (SSSR count). The Kier molecular flexibility index (Phi) is 6.81. The molecule has 0 aromatic heterocycles. The number of hydrogen-bond donors (Lipinski definition) is 0. The highest BCUT2D eigenvalue weighted by molar-refractivity contribution is 5.78. The number of carbonyl (C=O) groups is 1. The summed E-state index contributed by atoms with van der Waals surface area (Å²) < 4.78 is 0. The summed E-state index contributed by atoms with van der Waals surface area (Å²) in [4.78, 5) is 18.9. The van der Waals surface area contributed by atoms with Crippen LogP contribution in [0.2, 0.25) is 0 Å². The molecular formula is C19H29N3O. The monoisotopic (exact) mass is 315 g/mol. The molecule has 0 aliphatic carbocycles. The number of amides is 1. The molecule has 1 aromatic rings. The van der Waals surface area contributed by atoms with Crippen LogP contribution >= 0.6 is 0 Å². The molecule has 1 aliphatic heterocycles. The van der Waals surface area contributed by atoms with Crippen LogP contribution in [-0.4, -0.2) is 73.5 Å². The van der Waals surface area contributed by atoms with E-state index in [4.69, 9.17) is 0 Å². The Morgan fingerprint density at radius 3 is 2.65 bits per heavy atom. The van der Waals surface area contributed by atoms with E-state index >= 15 is 0 Å². The van der Waals surface area contributed by atoms with E-state index in [1.165, 1.54) is 5.56 Å². The zero-order valence-electron chi connectivity index (χ0n) is 14.6. The fourth-order valence-electron chi connectivity index (χ4n) is 2.96. The minimum absolute atomic E-state index is 0.226. The van der Waals surface area contributed by atoms with Crippen molar-refractivity contribution in [3.8, 4) is 0 Å². The average Bonchev–Trinajstić information content (AvgIpc) is 3.01. The third-order valence-electron chi connectivity index (χ3n) is 4.51. The number of likely N-dealkylation sites (N-methyl/N-ethyl adjacent to an activating group) is 2. The van der Waals surface area contributed by atoms with Gasteiger partial charge in [-0.1, -0.05) is 42.5 Å². The summed E-state index contributed by atoms with van der Waals surface area (Å²) in [6.07, 6.45) is 5.30. The predicted molar refractivity (Wildman–Crippen MR) is 96.3 cm³/mol. The number of likely N-dealkylation sites (tertiary alicyclic amines) is 1. The fraction of sp³-hybridized carbons (Fsp3) is 0.526. The Bertz CT molecular complexity index is 513. The molecular weight excluding hydrogens is 286 g/mol. The number of benzene rings is 1. The van der Waals surface area contributed by atoms with Crippen molar-refractivity contribution in [2.75, 3.05) is 46.8 Å². The highest BCUT2D eigenvalue weighted by Crippen LogP contribution is 2.13. The second-order valence-electron chi connectivity index (χ2n) is 6.39. The number of rotatable bonds is 7. The van der Waals surface area contributed by atoms with Crippen LogP contribution in [0.15, 0.2) is 36.4 Å². The Labute approximate surface area is 140 Å². The first kappa shape index (κ1) is 17.7. The Hall–Kier alpha value is -1.65. The number of nitrogens with zero attached hydrogens (tertiary/aromatic N) is 3. The van der Waals surface area contributed by atoms with Crippen molar-refractivity contribution < 1.29 is 4.79 Å². The average molecular weight is 315 g/mol. The highest BCUT2D eigenvalue weighted by atomic mass is 16.2. The molecule has 0 saturated carbocycles. The minimum atomic E-state index is 0.226. The van der Waals surface area contributed by atoms with Crippen LogP contribution in [0.5, 0.6) is 0 Å². The molecule has 1 fully saturated rings. The fourth-order valence-corrected chi connectivity index (χ4v) is 2.96. The third-order valence-corrected chi connectivity index (χ3v) is 4.51. The van der Waals surface area contributed by atoms with E-state index in [9.17, 15) is 4.79 Å². The SMILES string of the molecule is CCN(C/C=C/c1ccccc1)C(=O)CN1CC[C@@H](N(C)C)C1. The predicted octanol–water partition coefficient (Wildman–Crippen LogP) is 2.18. The summed E-state index contributed by atoms with van der Waals surface area (Å²) in [5, 5.41) is 0. The lowest BCUT2D eigenvalue weighted by Crippen LogP contribution is -2.40. The van der Waals surface area contributed by atoms with Gasteiger partial charge in [-0.05, 0) is 33.0 Å². The third kappa shape index (κ3) is 5.48. The maximum Gasteiger partial charge on any atom is 0.237 e. The van der Waals surface area contributed by atoms with Gasteiger partial charge in [0.25, 0.3) is 0 Å². The standard InChI is InChI=1S/C19H29N3O/c1-4-22(13-8-11-17-9-6-5-7-10-17)19(23)16-21-14-12-18(15-21)20(2)3/h5-11,18H,4,12-16H2,1-3H3/b11-8+/t18-/m1/s1. The zero-order valence-corrected chi connectivity index (χ0v) is 14.6. The van der Waals surface area contributed by atoms with Crippen LogP contribution in [-0.2, 0) is 4.79 Å². The van der Waals surface area contributed by atoms with Gasteiger partial charge in [-0.2, -0.15) is 0 Å². The van der Waals surface area contributed by atoms with Crippen molar-refractivity contribution >= 4 is 12.0 Å². The van der Waals surface area contributed by atoms with Crippen LogP contribution in [0, 0.1) is 0 Å². The van der Waals surface area contributed by atoms with Gasteiger partial charge in [-0.25, -0.2) is 0 Å². The van der Waals surface area contributed by atoms with E-state index in [0.29, 0.717) is 19.1 Å². The van der Waals surface area contributed by atoms with Crippen molar-refractivity contribution in [3.05, 3.63) is 42.0 Å². The van der Waals surface area contributed by atoms with Gasteiger partial charge in [0.1, 0.15) is 0 Å². The molecule has 1 amide bonds. The molecule has 4 heteroatoms. The summed E-state index contributed by atoms with van der Waals surface area (Å²) in [5.41, 5.74) is 1.17. The molecule has 1 aliphatic rings. The van der Waals surface area contributed by atoms with Crippen molar-refractivity contribution in [1.82, 2.24) is 14.7 Å². The van der Waals surface area contributed by atoms with Crippen LogP contribution in [0.1, 0.15) is 18.9 Å². The molecule has 4 nitrogen and oxygen atoms in total. The van der Waals surface area contributed by atoms with Gasteiger partial charge in [0.15, 0.2) is 0 Å². The highest BCUT2D eigenvalue weighted by Gasteiger charge is 2.26. The molecule has 1 atom stereocenters. The molecule has 0 N–H and O–H groups in total. The van der Waals surface area contributed by atoms with Crippen LogP contribution in [0.3, 0.4) is 0 Å². The summed E-state index contributed by atoms with van der Waals surface area (Å²) in [6, 6.07) is 10.8. The molecule has 1 heterocycles. The lowest BCUT2D eigenvalue weighted by Gasteiger charge is -2.24. The molecule has 126 valence electrons. The van der Waals surface area contributed by atoms with Gasteiger partial charge in [0.05, 0.1) is 6.54 Å². The van der Waals surface area contributed by atoms with Gasteiger partial charge < -0.3 is 9.80 Å². The molecule has 1 saturated heterocycles. The summed E-state index contributed by atoms with van der Waals surface area (Å²) in [5.74, 6) is 0.226. The summed E-state index contributed by atoms with van der Waals surface area (Å²) >= 11 is 0. The zero-order chi connectivity index (χ0) is 16.7. The van der Waals surface area contributed by atoms with Gasteiger partial charge in [-0.15, -0.1) is 0 Å². The molecule has 0 radical (unpaired) electrons. The first-order valence-corrected chi connectivity index (χ1v) is 8.48. The smallest absolute Gasteiger partial charge is 0.237 e. The van der Waals surface area contributed by atoms with Crippen molar-refractivity contribution in [3.63, 3.8) is 0 Å². The van der Waals surface area contributed by atoms with E-state index in [1.807, 2.05) is 30.0 Å². The lowest BCUT2D eigenvalue weighted by atomic mass is 10.2. The quantitative estimate of drug-likeness (QED) is 0.772. The summed E-state index contributed by atoms with van der Waals surface area (Å²) in [7, 11) is 4.23. The van der Waals surface area contributed by atoms with Crippen molar-refractivity contribution in [2.45, 2.75) is 19.4 Å². The van der Waals surface area contributed by atoms with Gasteiger partial charge in [-0.3, -0.25) is 9.69 Å². The molecule has 0 unspecified atom stereocenters. The van der Waals surface area contributed by atoms with Crippen LogP contribution in [0.25, 0.3) is 6.08 Å². The molecule has 1 aromatic carbocycles. The second-order valence-corrected chi connectivity index (χ2v) is 6.39. The topological polar surface area (TPSA) is 26.8 Å². The molecule has 23 heavy (non-hydrogen) atoms. The first-order chi connectivity index (χ1) is 11.1. The number of hydrogen-bond acceptors (Lipinski definition) is 3. The number of carbonyl (C=O) groups excluding carboxylic acids is 1. The Morgan fingerprint density at radius 1 is 1.30 bits per heavy atom. The van der Waals surface area contributed by atoms with E-state index in [-0.39, 0.29) is 5.91 Å². The molecule has 0 spiro atoms. The Balaban J connectivity index is 1.81. The van der Waals surface area contributed by atoms with E-state index in [2.05, 4.69) is 48.2 Å². The summed E-state index contributed by atoms with van der Waals surface area (Å²) in [6.45, 7) is 6.03. The van der Waals surface area contributed by atoms with Gasteiger partial charge in [0.2, 0.25) is 5.91 Å².